The first-order valence-electron chi connectivity index (χ1n) is 12.1. The van der Waals surface area contributed by atoms with Gasteiger partial charge < -0.3 is 10.1 Å². The highest BCUT2D eigenvalue weighted by Gasteiger charge is 2.26. The molecule has 200 valence electrons. The molecule has 0 fully saturated rings. The molecule has 10 nitrogen and oxygen atoms in total. The third kappa shape index (κ3) is 6.14. The third-order valence-electron chi connectivity index (χ3n) is 5.97. The van der Waals surface area contributed by atoms with Crippen LogP contribution < -0.4 is 15.2 Å². The van der Waals surface area contributed by atoms with Gasteiger partial charge in [-0.05, 0) is 47.4 Å². The lowest BCUT2D eigenvalue weighted by Crippen LogP contribution is -2.30. The minimum atomic E-state index is -3.87. The van der Waals surface area contributed by atoms with Crippen molar-refractivity contribution in [3.05, 3.63) is 84.7 Å². The maximum Gasteiger partial charge on any atom is 0.265 e. The molecule has 0 radical (unpaired) electrons. The SMILES string of the molecule is CC(C)C(C(=O)Nc1ccc(-c2ccccc2)cc1)n1cc(COc2ccc3nc(S(N)(=O)=O)sc3c2)nn1. The van der Waals surface area contributed by atoms with Crippen molar-refractivity contribution in [1.82, 2.24) is 20.0 Å². The van der Waals surface area contributed by atoms with E-state index < -0.39 is 16.1 Å². The molecule has 5 aromatic rings. The van der Waals surface area contributed by atoms with Crippen LogP contribution in [-0.4, -0.2) is 34.3 Å². The zero-order chi connectivity index (χ0) is 27.6. The number of nitrogens with one attached hydrogen (secondary N) is 1. The van der Waals surface area contributed by atoms with Crippen molar-refractivity contribution in [2.75, 3.05) is 5.32 Å². The Hall–Kier alpha value is -4.13. The summed E-state index contributed by atoms with van der Waals surface area (Å²) in [6.07, 6.45) is 1.69. The van der Waals surface area contributed by atoms with E-state index in [4.69, 9.17) is 9.88 Å². The molecule has 1 unspecified atom stereocenters. The highest BCUT2D eigenvalue weighted by Crippen LogP contribution is 2.29. The van der Waals surface area contributed by atoms with Gasteiger partial charge in [-0.1, -0.05) is 61.5 Å². The monoisotopic (exact) mass is 562 g/mol. The zero-order valence-corrected chi connectivity index (χ0v) is 22.8. The van der Waals surface area contributed by atoms with Crippen LogP contribution in [0.3, 0.4) is 0 Å². The van der Waals surface area contributed by atoms with E-state index >= 15 is 0 Å². The lowest BCUT2D eigenvalue weighted by atomic mass is 10.0. The predicted octanol–water partition coefficient (Wildman–Crippen LogP) is 4.62. The van der Waals surface area contributed by atoms with Crippen molar-refractivity contribution in [2.45, 2.75) is 30.8 Å². The van der Waals surface area contributed by atoms with E-state index in [9.17, 15) is 13.2 Å². The fourth-order valence-corrected chi connectivity index (χ4v) is 5.77. The van der Waals surface area contributed by atoms with Crippen molar-refractivity contribution in [3.8, 4) is 16.9 Å². The average molecular weight is 563 g/mol. The van der Waals surface area contributed by atoms with E-state index in [1.165, 1.54) is 0 Å². The number of nitrogens with zero attached hydrogens (tertiary/aromatic N) is 4. The van der Waals surface area contributed by atoms with Crippen molar-refractivity contribution >= 4 is 43.2 Å². The number of hydrogen-bond acceptors (Lipinski definition) is 8. The largest absolute Gasteiger partial charge is 0.487 e. The smallest absolute Gasteiger partial charge is 0.265 e. The zero-order valence-electron chi connectivity index (χ0n) is 21.2. The first kappa shape index (κ1) is 26.5. The third-order valence-corrected chi connectivity index (χ3v) is 8.31. The number of benzene rings is 3. The van der Waals surface area contributed by atoms with Gasteiger partial charge in [-0.25, -0.2) is 23.2 Å². The number of carbonyl (C=O) groups is 1. The van der Waals surface area contributed by atoms with Gasteiger partial charge in [0.2, 0.25) is 10.2 Å². The van der Waals surface area contributed by atoms with E-state index in [0.717, 1.165) is 22.5 Å². The van der Waals surface area contributed by atoms with Gasteiger partial charge in [0.25, 0.3) is 10.0 Å². The quantitative estimate of drug-likeness (QED) is 0.267. The number of ether oxygens (including phenoxy) is 1. The summed E-state index contributed by atoms with van der Waals surface area (Å²) in [6.45, 7) is 4.00. The molecule has 0 bridgehead atoms. The number of fused-ring (bicyclic) bond motifs is 1. The van der Waals surface area contributed by atoms with E-state index in [0.29, 0.717) is 27.3 Å². The Morgan fingerprint density at radius 3 is 2.46 bits per heavy atom. The van der Waals surface area contributed by atoms with Gasteiger partial charge in [0.1, 0.15) is 24.1 Å². The highest BCUT2D eigenvalue weighted by atomic mass is 32.2. The Balaban J connectivity index is 1.25. The Morgan fingerprint density at radius 2 is 1.77 bits per heavy atom. The summed E-state index contributed by atoms with van der Waals surface area (Å²) in [6, 6.07) is 22.2. The van der Waals surface area contributed by atoms with Crippen LogP contribution in [0.25, 0.3) is 21.3 Å². The van der Waals surface area contributed by atoms with Gasteiger partial charge in [-0.15, -0.1) is 16.4 Å². The molecular formula is C27H26N6O4S2. The molecule has 0 saturated carbocycles. The lowest BCUT2D eigenvalue weighted by Gasteiger charge is -2.20. The molecule has 3 aromatic carbocycles. The fourth-order valence-electron chi connectivity index (χ4n) is 4.09. The van der Waals surface area contributed by atoms with Crippen LogP contribution in [0.4, 0.5) is 5.69 Å². The minimum absolute atomic E-state index is 0.0502. The van der Waals surface area contributed by atoms with Gasteiger partial charge in [-0.3, -0.25) is 4.79 Å². The van der Waals surface area contributed by atoms with Crippen LogP contribution in [0.2, 0.25) is 0 Å². The molecule has 2 aromatic heterocycles. The molecule has 12 heteroatoms. The summed E-state index contributed by atoms with van der Waals surface area (Å²) in [7, 11) is -3.87. The molecule has 5 rings (SSSR count). The number of sulfonamides is 1. The van der Waals surface area contributed by atoms with Crippen LogP contribution in [0.1, 0.15) is 25.6 Å². The summed E-state index contributed by atoms with van der Waals surface area (Å²) in [5.74, 6) is 0.265. The molecule has 0 saturated heterocycles. The number of nitrogens with two attached hydrogens (primary N) is 1. The van der Waals surface area contributed by atoms with E-state index in [1.807, 2.05) is 68.4 Å². The summed E-state index contributed by atoms with van der Waals surface area (Å²) < 4.78 is 31.0. The first-order valence-corrected chi connectivity index (χ1v) is 14.5. The number of thiazole rings is 1. The second-order valence-electron chi connectivity index (χ2n) is 9.25. The molecule has 1 atom stereocenters. The Morgan fingerprint density at radius 1 is 1.05 bits per heavy atom. The van der Waals surface area contributed by atoms with Gasteiger partial charge in [0, 0.05) is 5.69 Å². The molecular weight excluding hydrogens is 536 g/mol. The molecule has 39 heavy (non-hydrogen) atoms. The summed E-state index contributed by atoms with van der Waals surface area (Å²) >= 11 is 0.974. The standard InChI is InChI=1S/C27H26N6O4S2/c1-17(2)25(26(34)29-20-10-8-19(9-11-20)18-6-4-3-5-7-18)33-15-21(31-32-33)16-37-22-12-13-23-24(14-22)38-27(30-23)39(28,35)36/h3-15,17,25H,16H2,1-2H3,(H,29,34)(H2,28,35,36). The molecule has 0 aliphatic heterocycles. The molecule has 1 amide bonds. The van der Waals surface area contributed by atoms with E-state index in [-0.39, 0.29) is 22.8 Å². The van der Waals surface area contributed by atoms with Gasteiger partial charge in [0.15, 0.2) is 0 Å². The normalized spacial score (nSPS) is 12.5. The Bertz CT molecular complexity index is 1710. The predicted molar refractivity (Wildman–Crippen MR) is 150 cm³/mol. The number of aromatic nitrogens is 4. The summed E-state index contributed by atoms with van der Waals surface area (Å²) in [5.41, 5.74) is 3.92. The van der Waals surface area contributed by atoms with Crippen molar-refractivity contribution in [2.24, 2.45) is 11.1 Å². The highest BCUT2D eigenvalue weighted by molar-refractivity contribution is 7.91. The molecule has 0 aliphatic carbocycles. The second kappa shape index (κ2) is 10.9. The number of hydrogen-bond donors (Lipinski definition) is 2. The number of rotatable bonds is 9. The summed E-state index contributed by atoms with van der Waals surface area (Å²) in [4.78, 5) is 17.2. The van der Waals surface area contributed by atoms with Crippen LogP contribution in [0.5, 0.6) is 5.75 Å². The van der Waals surface area contributed by atoms with Gasteiger partial charge in [-0.2, -0.15) is 0 Å². The molecule has 2 heterocycles. The van der Waals surface area contributed by atoms with Crippen molar-refractivity contribution in [1.29, 1.82) is 0 Å². The maximum absolute atomic E-state index is 13.2. The average Bonchev–Trinajstić information content (AvgIpc) is 3.55. The number of amides is 1. The molecule has 0 aliphatic rings. The summed E-state index contributed by atoms with van der Waals surface area (Å²) in [5, 5.41) is 16.5. The topological polar surface area (TPSA) is 142 Å². The van der Waals surface area contributed by atoms with Crippen LogP contribution in [0.15, 0.2) is 83.3 Å². The van der Waals surface area contributed by atoms with Crippen molar-refractivity contribution < 1.29 is 17.9 Å². The minimum Gasteiger partial charge on any atom is -0.487 e. The lowest BCUT2D eigenvalue weighted by molar-refractivity contribution is -0.120. The van der Waals surface area contributed by atoms with E-state index in [1.54, 1.807) is 29.1 Å². The van der Waals surface area contributed by atoms with Gasteiger partial charge >= 0.3 is 0 Å². The van der Waals surface area contributed by atoms with Crippen molar-refractivity contribution in [3.63, 3.8) is 0 Å². The maximum atomic E-state index is 13.2. The van der Waals surface area contributed by atoms with E-state index in [2.05, 4.69) is 20.6 Å². The van der Waals surface area contributed by atoms with Crippen LogP contribution in [0, 0.1) is 5.92 Å². The molecule has 0 spiro atoms. The molecule has 3 N–H and O–H groups in total. The fraction of sp³-hybridized carbons (Fsp3) is 0.185. The number of anilines is 1. The van der Waals surface area contributed by atoms with Gasteiger partial charge in [0.05, 0.1) is 16.4 Å². The Kier molecular flexibility index (Phi) is 7.42. The number of carbonyl (C=O) groups excluding carboxylic acids is 1. The first-order chi connectivity index (χ1) is 18.7. The van der Waals surface area contributed by atoms with Crippen LogP contribution >= 0.6 is 11.3 Å². The van der Waals surface area contributed by atoms with Crippen LogP contribution in [-0.2, 0) is 21.4 Å². The second-order valence-corrected chi connectivity index (χ2v) is 12.0. The number of primary sulfonamides is 1. The Labute approximate surface area is 229 Å².